The molecule has 2 unspecified atom stereocenters. The predicted octanol–water partition coefficient (Wildman–Crippen LogP) is 3.06. The van der Waals surface area contributed by atoms with E-state index in [0.717, 1.165) is 0 Å². The molecule has 2 atom stereocenters. The highest BCUT2D eigenvalue weighted by atomic mass is 15.0. The minimum Gasteiger partial charge on any atom is -0.381 e. The van der Waals surface area contributed by atoms with Crippen LogP contribution in [0.15, 0.2) is 54.3 Å². The Morgan fingerprint density at radius 1 is 1.00 bits per heavy atom. The standard InChI is InChI=1S/C16H15N/c1-2-6-12-11(5-1)9-10-15-16(12)13-7-3-4-8-14(13)17-15/h1-8,13-14,17H,9-10H2. The average molecular weight is 221 g/mol. The maximum Gasteiger partial charge on any atom is 0.0548 e. The van der Waals surface area contributed by atoms with Gasteiger partial charge in [0.05, 0.1) is 6.04 Å². The second-order valence-corrected chi connectivity index (χ2v) is 5.02. The summed E-state index contributed by atoms with van der Waals surface area (Å²) in [4.78, 5) is 0. The molecule has 3 aliphatic rings. The fourth-order valence-corrected chi connectivity index (χ4v) is 3.31. The van der Waals surface area contributed by atoms with Crippen molar-refractivity contribution in [1.29, 1.82) is 0 Å². The van der Waals surface area contributed by atoms with Gasteiger partial charge in [0, 0.05) is 11.6 Å². The molecule has 0 amide bonds. The second-order valence-electron chi connectivity index (χ2n) is 5.02. The van der Waals surface area contributed by atoms with E-state index in [4.69, 9.17) is 0 Å². The molecule has 0 radical (unpaired) electrons. The molecule has 0 bridgehead atoms. The van der Waals surface area contributed by atoms with E-state index in [2.05, 4.69) is 53.9 Å². The molecular weight excluding hydrogens is 206 g/mol. The number of fused-ring (bicyclic) bond motifs is 4. The third kappa shape index (κ3) is 1.25. The van der Waals surface area contributed by atoms with E-state index in [1.807, 2.05) is 0 Å². The fourth-order valence-electron chi connectivity index (χ4n) is 3.31. The first-order valence-electron chi connectivity index (χ1n) is 6.36. The van der Waals surface area contributed by atoms with E-state index >= 15 is 0 Å². The molecule has 0 saturated heterocycles. The second kappa shape index (κ2) is 3.36. The lowest BCUT2D eigenvalue weighted by Crippen LogP contribution is -2.26. The molecule has 1 aromatic carbocycles. The molecule has 0 fully saturated rings. The number of nitrogens with one attached hydrogen (secondary N) is 1. The van der Waals surface area contributed by atoms with Crippen LogP contribution < -0.4 is 5.32 Å². The Hall–Kier alpha value is -1.76. The van der Waals surface area contributed by atoms with Crippen LogP contribution in [-0.2, 0) is 6.42 Å². The minimum atomic E-state index is 0.483. The summed E-state index contributed by atoms with van der Waals surface area (Å²) in [6, 6.07) is 9.34. The van der Waals surface area contributed by atoms with Gasteiger partial charge in [-0.25, -0.2) is 0 Å². The van der Waals surface area contributed by atoms with E-state index < -0.39 is 0 Å². The fraction of sp³-hybridized carbons (Fsp3) is 0.250. The van der Waals surface area contributed by atoms with E-state index in [-0.39, 0.29) is 0 Å². The molecule has 4 rings (SSSR count). The van der Waals surface area contributed by atoms with Crippen molar-refractivity contribution >= 4 is 5.57 Å². The molecular formula is C16H15N. The highest BCUT2D eigenvalue weighted by Gasteiger charge is 2.35. The highest BCUT2D eigenvalue weighted by molar-refractivity contribution is 5.78. The number of aryl methyl sites for hydroxylation is 1. The van der Waals surface area contributed by atoms with Crippen LogP contribution in [-0.4, -0.2) is 6.04 Å². The van der Waals surface area contributed by atoms with Crippen molar-refractivity contribution in [3.8, 4) is 0 Å². The van der Waals surface area contributed by atoms with Crippen LogP contribution in [0.1, 0.15) is 17.5 Å². The van der Waals surface area contributed by atoms with E-state index in [9.17, 15) is 0 Å². The van der Waals surface area contributed by atoms with Crippen LogP contribution in [0.4, 0.5) is 0 Å². The smallest absolute Gasteiger partial charge is 0.0548 e. The first-order valence-corrected chi connectivity index (χ1v) is 6.36. The lowest BCUT2D eigenvalue weighted by Gasteiger charge is -2.21. The van der Waals surface area contributed by atoms with Gasteiger partial charge in [0.25, 0.3) is 0 Å². The van der Waals surface area contributed by atoms with Gasteiger partial charge in [-0.15, -0.1) is 0 Å². The number of hydrogen-bond donors (Lipinski definition) is 1. The van der Waals surface area contributed by atoms with Crippen molar-refractivity contribution in [2.45, 2.75) is 18.9 Å². The van der Waals surface area contributed by atoms with Gasteiger partial charge < -0.3 is 5.32 Å². The van der Waals surface area contributed by atoms with Crippen LogP contribution in [0.5, 0.6) is 0 Å². The molecule has 1 aliphatic heterocycles. The maximum absolute atomic E-state index is 3.68. The summed E-state index contributed by atoms with van der Waals surface area (Å²) >= 11 is 0. The predicted molar refractivity (Wildman–Crippen MR) is 70.4 cm³/mol. The number of hydrogen-bond acceptors (Lipinski definition) is 1. The van der Waals surface area contributed by atoms with Gasteiger partial charge >= 0.3 is 0 Å². The van der Waals surface area contributed by atoms with Gasteiger partial charge in [0.2, 0.25) is 0 Å². The topological polar surface area (TPSA) is 12.0 Å². The Morgan fingerprint density at radius 2 is 1.88 bits per heavy atom. The van der Waals surface area contributed by atoms with Gasteiger partial charge in [-0.3, -0.25) is 0 Å². The lowest BCUT2D eigenvalue weighted by atomic mass is 9.81. The summed E-state index contributed by atoms with van der Waals surface area (Å²) in [6.45, 7) is 0. The van der Waals surface area contributed by atoms with Crippen molar-refractivity contribution in [1.82, 2.24) is 5.32 Å². The lowest BCUT2D eigenvalue weighted by molar-refractivity contribution is 0.634. The van der Waals surface area contributed by atoms with E-state index in [0.29, 0.717) is 12.0 Å². The van der Waals surface area contributed by atoms with Crippen LogP contribution in [0, 0.1) is 5.92 Å². The zero-order chi connectivity index (χ0) is 11.2. The van der Waals surface area contributed by atoms with Crippen molar-refractivity contribution < 1.29 is 0 Å². The Kier molecular flexibility index (Phi) is 1.84. The summed E-state index contributed by atoms with van der Waals surface area (Å²) in [6.07, 6.45) is 11.3. The third-order valence-electron chi connectivity index (χ3n) is 4.09. The average Bonchev–Trinajstić information content (AvgIpc) is 2.77. The molecule has 17 heavy (non-hydrogen) atoms. The van der Waals surface area contributed by atoms with Gasteiger partial charge in [0.15, 0.2) is 0 Å². The summed E-state index contributed by atoms with van der Waals surface area (Å²) in [5.41, 5.74) is 5.98. The summed E-state index contributed by atoms with van der Waals surface area (Å²) in [7, 11) is 0. The van der Waals surface area contributed by atoms with E-state index in [1.165, 1.54) is 35.2 Å². The largest absolute Gasteiger partial charge is 0.381 e. The Balaban J connectivity index is 1.88. The van der Waals surface area contributed by atoms with Crippen LogP contribution >= 0.6 is 0 Å². The Labute approximate surface area is 102 Å². The number of rotatable bonds is 0. The van der Waals surface area contributed by atoms with Crippen LogP contribution in [0.2, 0.25) is 0 Å². The highest BCUT2D eigenvalue weighted by Crippen LogP contribution is 2.42. The normalized spacial score (nSPS) is 28.5. The zero-order valence-corrected chi connectivity index (χ0v) is 9.69. The van der Waals surface area contributed by atoms with Crippen molar-refractivity contribution in [3.63, 3.8) is 0 Å². The molecule has 1 N–H and O–H groups in total. The SMILES string of the molecule is C1=CC2NC3=C(c4ccccc4CC3)C2C=C1. The first kappa shape index (κ1) is 9.29. The summed E-state index contributed by atoms with van der Waals surface area (Å²) in [5.74, 6) is 0.538. The molecule has 1 heteroatoms. The van der Waals surface area contributed by atoms with Gasteiger partial charge in [-0.05, 0) is 29.5 Å². The van der Waals surface area contributed by atoms with Crippen molar-refractivity contribution in [2.75, 3.05) is 0 Å². The zero-order valence-electron chi connectivity index (χ0n) is 9.69. The van der Waals surface area contributed by atoms with Gasteiger partial charge in [-0.1, -0.05) is 48.6 Å². The molecule has 0 spiro atoms. The minimum absolute atomic E-state index is 0.483. The molecule has 1 heterocycles. The molecule has 2 aliphatic carbocycles. The summed E-state index contributed by atoms with van der Waals surface area (Å²) in [5, 5.41) is 3.68. The van der Waals surface area contributed by atoms with Crippen LogP contribution in [0.25, 0.3) is 5.57 Å². The maximum atomic E-state index is 3.68. The van der Waals surface area contributed by atoms with Crippen molar-refractivity contribution in [3.05, 3.63) is 65.4 Å². The first-order chi connectivity index (χ1) is 8.43. The van der Waals surface area contributed by atoms with Crippen molar-refractivity contribution in [2.24, 2.45) is 5.92 Å². The molecule has 0 aromatic heterocycles. The number of benzene rings is 1. The number of allylic oxidation sites excluding steroid dienone is 3. The molecule has 0 saturated carbocycles. The molecule has 1 nitrogen and oxygen atoms in total. The Morgan fingerprint density at radius 3 is 2.88 bits per heavy atom. The third-order valence-corrected chi connectivity index (χ3v) is 4.09. The van der Waals surface area contributed by atoms with Gasteiger partial charge in [-0.2, -0.15) is 0 Å². The van der Waals surface area contributed by atoms with E-state index in [1.54, 1.807) is 0 Å². The Bertz CT molecular complexity index is 563. The quantitative estimate of drug-likeness (QED) is 0.710. The monoisotopic (exact) mass is 221 g/mol. The molecule has 1 aromatic rings. The molecule has 84 valence electrons. The van der Waals surface area contributed by atoms with Crippen LogP contribution in [0.3, 0.4) is 0 Å². The summed E-state index contributed by atoms with van der Waals surface area (Å²) < 4.78 is 0. The van der Waals surface area contributed by atoms with Gasteiger partial charge in [0.1, 0.15) is 0 Å².